The summed E-state index contributed by atoms with van der Waals surface area (Å²) < 4.78 is 4.98. The molecule has 0 radical (unpaired) electrons. The number of hydrogen-bond donors (Lipinski definition) is 0. The summed E-state index contributed by atoms with van der Waals surface area (Å²) in [5, 5.41) is 8.90. The molecule has 0 aliphatic carbocycles. The number of likely N-dealkylation sites (tertiary alicyclic amines) is 1. The molecule has 0 N–H and O–H groups in total. The van der Waals surface area contributed by atoms with Crippen molar-refractivity contribution in [2.75, 3.05) is 19.7 Å². The number of carbonyl (C=O) groups excluding carboxylic acids is 2. The smallest absolute Gasteiger partial charge is 0.310 e. The molecule has 2 unspecified atom stereocenters. The molecule has 0 spiro atoms. The number of rotatable bonds is 4. The summed E-state index contributed by atoms with van der Waals surface area (Å²) in [7, 11) is 0. The largest absolute Gasteiger partial charge is 0.466 e. The SMILES string of the molecule is CCOC(=O)C1CCCN(C(=O)C(C#N)CC)C1. The van der Waals surface area contributed by atoms with Gasteiger partial charge in [-0.3, -0.25) is 9.59 Å². The number of amides is 1. The first-order valence-corrected chi connectivity index (χ1v) is 6.49. The Morgan fingerprint density at radius 2 is 2.22 bits per heavy atom. The minimum absolute atomic E-state index is 0.158. The molecule has 0 aromatic heterocycles. The fourth-order valence-corrected chi connectivity index (χ4v) is 2.17. The summed E-state index contributed by atoms with van der Waals surface area (Å²) in [6, 6.07) is 2.01. The summed E-state index contributed by atoms with van der Waals surface area (Å²) in [6.07, 6.45) is 2.05. The van der Waals surface area contributed by atoms with E-state index >= 15 is 0 Å². The molecule has 0 bridgehead atoms. The van der Waals surface area contributed by atoms with Crippen molar-refractivity contribution in [2.45, 2.75) is 33.1 Å². The van der Waals surface area contributed by atoms with E-state index in [2.05, 4.69) is 0 Å². The minimum Gasteiger partial charge on any atom is -0.466 e. The Morgan fingerprint density at radius 3 is 2.78 bits per heavy atom. The van der Waals surface area contributed by atoms with E-state index in [1.165, 1.54) is 0 Å². The van der Waals surface area contributed by atoms with Crippen molar-refractivity contribution >= 4 is 11.9 Å². The van der Waals surface area contributed by atoms with Crippen LogP contribution >= 0.6 is 0 Å². The number of carbonyl (C=O) groups is 2. The first kappa shape index (κ1) is 14.5. The molecule has 1 aliphatic rings. The third kappa shape index (κ3) is 3.46. The molecule has 0 saturated carbocycles. The second-order valence-corrected chi connectivity index (χ2v) is 4.47. The highest BCUT2D eigenvalue weighted by molar-refractivity contribution is 5.82. The monoisotopic (exact) mass is 252 g/mol. The molecule has 2 atom stereocenters. The fourth-order valence-electron chi connectivity index (χ4n) is 2.17. The average molecular weight is 252 g/mol. The zero-order valence-corrected chi connectivity index (χ0v) is 11.0. The van der Waals surface area contributed by atoms with Gasteiger partial charge in [0.1, 0.15) is 5.92 Å². The molecule has 100 valence electrons. The van der Waals surface area contributed by atoms with E-state index in [4.69, 9.17) is 10.00 Å². The fraction of sp³-hybridized carbons (Fsp3) is 0.769. The number of nitrogens with zero attached hydrogens (tertiary/aromatic N) is 2. The third-order valence-corrected chi connectivity index (χ3v) is 3.22. The first-order chi connectivity index (χ1) is 8.63. The molecule has 18 heavy (non-hydrogen) atoms. The standard InChI is InChI=1S/C13H20N2O3/c1-3-10(8-14)12(16)15-7-5-6-11(9-15)13(17)18-4-2/h10-11H,3-7,9H2,1-2H3. The maximum atomic E-state index is 12.0. The Balaban J connectivity index is 2.61. The summed E-state index contributed by atoms with van der Waals surface area (Å²) in [6.45, 7) is 4.97. The molecule has 0 aromatic rings. The lowest BCUT2D eigenvalue weighted by Crippen LogP contribution is -2.45. The van der Waals surface area contributed by atoms with Crippen LogP contribution in [0.1, 0.15) is 33.1 Å². The molecule has 1 rings (SSSR count). The summed E-state index contributed by atoms with van der Waals surface area (Å²) >= 11 is 0. The van der Waals surface area contributed by atoms with Crippen LogP contribution in [0.3, 0.4) is 0 Å². The lowest BCUT2D eigenvalue weighted by molar-refractivity contribution is -0.151. The van der Waals surface area contributed by atoms with Gasteiger partial charge in [0.2, 0.25) is 5.91 Å². The topological polar surface area (TPSA) is 70.4 Å². The van der Waals surface area contributed by atoms with Crippen LogP contribution in [0, 0.1) is 23.2 Å². The molecule has 1 heterocycles. The number of piperidine rings is 1. The lowest BCUT2D eigenvalue weighted by Gasteiger charge is -2.32. The van der Waals surface area contributed by atoms with Gasteiger partial charge in [0.15, 0.2) is 0 Å². The van der Waals surface area contributed by atoms with Crippen LogP contribution in [0.4, 0.5) is 0 Å². The summed E-state index contributed by atoms with van der Waals surface area (Å²) in [5.41, 5.74) is 0. The predicted molar refractivity (Wildman–Crippen MR) is 65.3 cm³/mol. The van der Waals surface area contributed by atoms with Crippen molar-refractivity contribution < 1.29 is 14.3 Å². The van der Waals surface area contributed by atoms with E-state index in [1.807, 2.05) is 13.0 Å². The van der Waals surface area contributed by atoms with E-state index in [1.54, 1.807) is 11.8 Å². The summed E-state index contributed by atoms with van der Waals surface area (Å²) in [5.74, 6) is -1.22. The number of ether oxygens (including phenoxy) is 1. The van der Waals surface area contributed by atoms with Crippen LogP contribution in [-0.4, -0.2) is 36.5 Å². The van der Waals surface area contributed by atoms with Crippen molar-refractivity contribution in [3.63, 3.8) is 0 Å². The summed E-state index contributed by atoms with van der Waals surface area (Å²) in [4.78, 5) is 25.3. The van der Waals surface area contributed by atoms with Gasteiger partial charge in [0, 0.05) is 13.1 Å². The minimum atomic E-state index is -0.592. The van der Waals surface area contributed by atoms with Gasteiger partial charge in [0.25, 0.3) is 0 Å². The van der Waals surface area contributed by atoms with Crippen molar-refractivity contribution in [3.8, 4) is 6.07 Å². The molecular formula is C13H20N2O3. The highest BCUT2D eigenvalue weighted by Gasteiger charge is 2.31. The maximum absolute atomic E-state index is 12.0. The Labute approximate surface area is 108 Å². The van der Waals surface area contributed by atoms with Gasteiger partial charge < -0.3 is 9.64 Å². The number of nitriles is 1. The molecule has 0 aromatic carbocycles. The Morgan fingerprint density at radius 1 is 1.50 bits per heavy atom. The molecule has 5 heteroatoms. The van der Waals surface area contributed by atoms with E-state index in [-0.39, 0.29) is 17.8 Å². The van der Waals surface area contributed by atoms with Gasteiger partial charge in [-0.25, -0.2) is 0 Å². The van der Waals surface area contributed by atoms with Crippen LogP contribution in [0.2, 0.25) is 0 Å². The molecule has 1 fully saturated rings. The van der Waals surface area contributed by atoms with Gasteiger partial charge in [0.05, 0.1) is 18.6 Å². The number of esters is 1. The Kier molecular flexibility index (Phi) is 5.63. The molecule has 5 nitrogen and oxygen atoms in total. The zero-order valence-electron chi connectivity index (χ0n) is 11.0. The molecule has 1 saturated heterocycles. The predicted octanol–water partition coefficient (Wildman–Crippen LogP) is 1.34. The highest BCUT2D eigenvalue weighted by atomic mass is 16.5. The highest BCUT2D eigenvalue weighted by Crippen LogP contribution is 2.20. The zero-order chi connectivity index (χ0) is 13.5. The Bertz CT molecular complexity index is 349. The second-order valence-electron chi connectivity index (χ2n) is 4.47. The van der Waals surface area contributed by atoms with Gasteiger partial charge in [-0.2, -0.15) is 5.26 Å². The van der Waals surface area contributed by atoms with E-state index in [9.17, 15) is 9.59 Å². The molecular weight excluding hydrogens is 232 g/mol. The van der Waals surface area contributed by atoms with Crippen LogP contribution in [0.15, 0.2) is 0 Å². The van der Waals surface area contributed by atoms with E-state index < -0.39 is 5.92 Å². The van der Waals surface area contributed by atoms with Crippen LogP contribution in [0.5, 0.6) is 0 Å². The van der Waals surface area contributed by atoms with Gasteiger partial charge in [-0.1, -0.05) is 6.92 Å². The molecule has 1 amide bonds. The quantitative estimate of drug-likeness (QED) is 0.708. The van der Waals surface area contributed by atoms with E-state index in [0.717, 1.165) is 12.8 Å². The van der Waals surface area contributed by atoms with Crippen LogP contribution in [0.25, 0.3) is 0 Å². The average Bonchev–Trinajstić information content (AvgIpc) is 2.40. The van der Waals surface area contributed by atoms with Crippen molar-refractivity contribution in [1.82, 2.24) is 4.90 Å². The third-order valence-electron chi connectivity index (χ3n) is 3.22. The van der Waals surface area contributed by atoms with Crippen molar-refractivity contribution in [1.29, 1.82) is 5.26 Å². The lowest BCUT2D eigenvalue weighted by atomic mass is 9.96. The van der Waals surface area contributed by atoms with Crippen molar-refractivity contribution in [2.24, 2.45) is 11.8 Å². The Hall–Kier alpha value is -1.57. The molecule has 1 aliphatic heterocycles. The van der Waals surface area contributed by atoms with Gasteiger partial charge >= 0.3 is 5.97 Å². The van der Waals surface area contributed by atoms with Gasteiger partial charge in [-0.15, -0.1) is 0 Å². The first-order valence-electron chi connectivity index (χ1n) is 6.49. The normalized spacial score (nSPS) is 20.9. The van der Waals surface area contributed by atoms with Gasteiger partial charge in [-0.05, 0) is 26.2 Å². The second kappa shape index (κ2) is 7.00. The van der Waals surface area contributed by atoms with Crippen molar-refractivity contribution in [3.05, 3.63) is 0 Å². The number of hydrogen-bond acceptors (Lipinski definition) is 4. The maximum Gasteiger partial charge on any atom is 0.310 e. The van der Waals surface area contributed by atoms with Crippen LogP contribution < -0.4 is 0 Å². The van der Waals surface area contributed by atoms with E-state index in [0.29, 0.717) is 26.1 Å². The van der Waals surface area contributed by atoms with Crippen LogP contribution in [-0.2, 0) is 14.3 Å².